The highest BCUT2D eigenvalue weighted by Crippen LogP contribution is 2.21. The molecule has 0 radical (unpaired) electrons. The first-order chi connectivity index (χ1) is 15.5. The summed E-state index contributed by atoms with van der Waals surface area (Å²) in [5, 5.41) is 3.94. The van der Waals surface area contributed by atoms with Gasteiger partial charge in [0.15, 0.2) is 0 Å². The highest BCUT2D eigenvalue weighted by Gasteiger charge is 2.21. The minimum absolute atomic E-state index is 0.00588. The van der Waals surface area contributed by atoms with E-state index < -0.39 is 0 Å². The number of aryl methyl sites for hydroxylation is 2. The third-order valence-corrected chi connectivity index (χ3v) is 5.45. The molecule has 8 heteroatoms. The predicted octanol–water partition coefficient (Wildman–Crippen LogP) is 4.25. The molecule has 1 amide bonds. The van der Waals surface area contributed by atoms with Gasteiger partial charge in [0.25, 0.3) is 0 Å². The van der Waals surface area contributed by atoms with Crippen molar-refractivity contribution in [2.75, 3.05) is 36.4 Å². The standard InChI is InChI=1S/C24H25ClN6O/c1-17-9-10-26-21(15-17)29-22-16-23(28-18(2)27-22)30-11-13-31(14-12-30)24(32)8-5-19-3-6-20(25)7-4-19/h3-10,15-16H,11-14H2,1-2H3,(H,26,27,28,29)/b8-5+. The number of halogens is 1. The van der Waals surface area contributed by atoms with Gasteiger partial charge in [-0.3, -0.25) is 4.79 Å². The van der Waals surface area contributed by atoms with Crippen LogP contribution in [0, 0.1) is 13.8 Å². The van der Waals surface area contributed by atoms with Crippen molar-refractivity contribution >= 4 is 41.0 Å². The molecule has 0 saturated carbocycles. The summed E-state index contributed by atoms with van der Waals surface area (Å²) in [6.45, 7) is 6.58. The lowest BCUT2D eigenvalue weighted by atomic mass is 10.2. The van der Waals surface area contributed by atoms with E-state index in [1.165, 1.54) is 0 Å². The number of amides is 1. The van der Waals surface area contributed by atoms with Gasteiger partial charge in [-0.05, 0) is 55.3 Å². The third-order valence-electron chi connectivity index (χ3n) is 5.20. The summed E-state index contributed by atoms with van der Waals surface area (Å²) in [5.41, 5.74) is 2.07. The molecule has 0 aliphatic carbocycles. The Kier molecular flexibility index (Phi) is 6.66. The Labute approximate surface area is 192 Å². The number of carbonyl (C=O) groups is 1. The quantitative estimate of drug-likeness (QED) is 0.588. The molecule has 1 saturated heterocycles. The Bertz CT molecular complexity index is 1120. The van der Waals surface area contributed by atoms with E-state index in [2.05, 4.69) is 25.2 Å². The number of pyridine rings is 1. The molecule has 3 aromatic rings. The minimum atomic E-state index is 0.00588. The first kappa shape index (κ1) is 21.8. The topological polar surface area (TPSA) is 74.2 Å². The molecule has 1 N–H and O–H groups in total. The second-order valence-corrected chi connectivity index (χ2v) is 8.14. The summed E-state index contributed by atoms with van der Waals surface area (Å²) < 4.78 is 0. The molecule has 0 spiro atoms. The first-order valence-corrected chi connectivity index (χ1v) is 10.9. The van der Waals surface area contributed by atoms with Crippen molar-refractivity contribution in [1.29, 1.82) is 0 Å². The maximum atomic E-state index is 12.6. The zero-order chi connectivity index (χ0) is 22.5. The van der Waals surface area contributed by atoms with Gasteiger partial charge in [0.1, 0.15) is 23.3 Å². The predicted molar refractivity (Wildman–Crippen MR) is 128 cm³/mol. The van der Waals surface area contributed by atoms with E-state index in [0.29, 0.717) is 42.8 Å². The van der Waals surface area contributed by atoms with Gasteiger partial charge < -0.3 is 15.1 Å². The number of hydrogen-bond acceptors (Lipinski definition) is 6. The van der Waals surface area contributed by atoms with Crippen LogP contribution in [0.15, 0.2) is 54.7 Å². The van der Waals surface area contributed by atoms with E-state index in [0.717, 1.165) is 22.8 Å². The van der Waals surface area contributed by atoms with Gasteiger partial charge in [0, 0.05) is 49.5 Å². The fourth-order valence-corrected chi connectivity index (χ4v) is 3.64. The van der Waals surface area contributed by atoms with Gasteiger partial charge in [-0.2, -0.15) is 0 Å². The number of nitrogens with one attached hydrogen (secondary N) is 1. The third kappa shape index (κ3) is 5.62. The lowest BCUT2D eigenvalue weighted by Crippen LogP contribution is -2.48. The van der Waals surface area contributed by atoms with E-state index in [1.807, 2.05) is 67.3 Å². The maximum absolute atomic E-state index is 12.6. The average Bonchev–Trinajstić information content (AvgIpc) is 2.78. The number of carbonyl (C=O) groups excluding carboxylic acids is 1. The molecule has 164 valence electrons. The van der Waals surface area contributed by atoms with Crippen molar-refractivity contribution in [2.45, 2.75) is 13.8 Å². The van der Waals surface area contributed by atoms with Crippen LogP contribution in [0.25, 0.3) is 6.08 Å². The lowest BCUT2D eigenvalue weighted by molar-refractivity contribution is -0.126. The molecule has 32 heavy (non-hydrogen) atoms. The Balaban J connectivity index is 1.37. The second-order valence-electron chi connectivity index (χ2n) is 7.70. The van der Waals surface area contributed by atoms with Crippen LogP contribution in [-0.4, -0.2) is 51.9 Å². The smallest absolute Gasteiger partial charge is 0.246 e. The molecule has 0 unspecified atom stereocenters. The van der Waals surface area contributed by atoms with E-state index in [-0.39, 0.29) is 5.91 Å². The highest BCUT2D eigenvalue weighted by atomic mass is 35.5. The van der Waals surface area contributed by atoms with Gasteiger partial charge >= 0.3 is 0 Å². The molecule has 4 rings (SSSR count). The van der Waals surface area contributed by atoms with Gasteiger partial charge in [0.2, 0.25) is 5.91 Å². The average molecular weight is 449 g/mol. The Morgan fingerprint density at radius 3 is 2.47 bits per heavy atom. The molecule has 1 aromatic carbocycles. The highest BCUT2D eigenvalue weighted by molar-refractivity contribution is 6.30. The number of rotatable bonds is 5. The summed E-state index contributed by atoms with van der Waals surface area (Å²) in [6.07, 6.45) is 5.20. The van der Waals surface area contributed by atoms with Crippen molar-refractivity contribution in [3.63, 3.8) is 0 Å². The van der Waals surface area contributed by atoms with Gasteiger partial charge in [-0.15, -0.1) is 0 Å². The van der Waals surface area contributed by atoms with E-state index in [4.69, 9.17) is 11.6 Å². The number of hydrogen-bond donors (Lipinski definition) is 1. The largest absolute Gasteiger partial charge is 0.353 e. The fraction of sp³-hybridized carbons (Fsp3) is 0.250. The summed E-state index contributed by atoms with van der Waals surface area (Å²) >= 11 is 5.91. The van der Waals surface area contributed by atoms with Crippen LogP contribution in [-0.2, 0) is 4.79 Å². The summed E-state index contributed by atoms with van der Waals surface area (Å²) in [4.78, 5) is 30.0. The van der Waals surface area contributed by atoms with Crippen LogP contribution < -0.4 is 10.2 Å². The molecule has 7 nitrogen and oxygen atoms in total. The molecule has 0 atom stereocenters. The van der Waals surface area contributed by atoms with Gasteiger partial charge in [-0.1, -0.05) is 23.7 Å². The number of anilines is 3. The van der Waals surface area contributed by atoms with Crippen molar-refractivity contribution in [3.05, 3.63) is 76.7 Å². The zero-order valence-corrected chi connectivity index (χ0v) is 18.9. The summed E-state index contributed by atoms with van der Waals surface area (Å²) in [7, 11) is 0. The van der Waals surface area contributed by atoms with Gasteiger partial charge in [0.05, 0.1) is 0 Å². The molecule has 1 fully saturated rings. The molecule has 2 aromatic heterocycles. The summed E-state index contributed by atoms with van der Waals surface area (Å²) in [5.74, 6) is 2.98. The SMILES string of the molecule is Cc1ccnc(Nc2cc(N3CCN(C(=O)/C=C/c4ccc(Cl)cc4)CC3)nc(C)n2)c1. The van der Waals surface area contributed by atoms with E-state index >= 15 is 0 Å². The normalized spacial score (nSPS) is 14.1. The molecule has 3 heterocycles. The number of piperazine rings is 1. The fourth-order valence-electron chi connectivity index (χ4n) is 3.52. The number of nitrogens with zero attached hydrogens (tertiary/aromatic N) is 5. The van der Waals surface area contributed by atoms with Crippen LogP contribution in [0.1, 0.15) is 17.0 Å². The van der Waals surface area contributed by atoms with Crippen molar-refractivity contribution in [3.8, 4) is 0 Å². The van der Waals surface area contributed by atoms with Gasteiger partial charge in [-0.25, -0.2) is 15.0 Å². The Morgan fingerprint density at radius 1 is 1.00 bits per heavy atom. The molecule has 1 aliphatic rings. The van der Waals surface area contributed by atoms with Crippen LogP contribution in [0.2, 0.25) is 5.02 Å². The lowest BCUT2D eigenvalue weighted by Gasteiger charge is -2.35. The summed E-state index contributed by atoms with van der Waals surface area (Å²) in [6, 6.07) is 13.2. The van der Waals surface area contributed by atoms with Crippen molar-refractivity contribution < 1.29 is 4.79 Å². The van der Waals surface area contributed by atoms with Crippen LogP contribution in [0.3, 0.4) is 0 Å². The van der Waals surface area contributed by atoms with Crippen LogP contribution in [0.4, 0.5) is 17.5 Å². The van der Waals surface area contributed by atoms with Crippen LogP contribution >= 0.6 is 11.6 Å². The molecular formula is C24H25ClN6O. The minimum Gasteiger partial charge on any atom is -0.353 e. The molecule has 0 bridgehead atoms. The van der Waals surface area contributed by atoms with Crippen LogP contribution in [0.5, 0.6) is 0 Å². The Morgan fingerprint density at radius 2 is 1.75 bits per heavy atom. The second kappa shape index (κ2) is 9.78. The number of benzene rings is 1. The van der Waals surface area contributed by atoms with E-state index in [1.54, 1.807) is 12.3 Å². The van der Waals surface area contributed by atoms with Crippen molar-refractivity contribution in [2.24, 2.45) is 0 Å². The monoisotopic (exact) mass is 448 g/mol. The van der Waals surface area contributed by atoms with Crippen molar-refractivity contribution in [1.82, 2.24) is 19.9 Å². The molecular weight excluding hydrogens is 424 g/mol. The molecule has 1 aliphatic heterocycles. The number of aromatic nitrogens is 3. The van der Waals surface area contributed by atoms with E-state index in [9.17, 15) is 4.79 Å². The first-order valence-electron chi connectivity index (χ1n) is 10.5. The zero-order valence-electron chi connectivity index (χ0n) is 18.1. The Hall–Kier alpha value is -3.45. The maximum Gasteiger partial charge on any atom is 0.246 e.